The number of nitrogens with zero attached hydrogens (tertiary/aromatic N) is 2. The summed E-state index contributed by atoms with van der Waals surface area (Å²) in [5.74, 6) is -1.21. The molecule has 0 radical (unpaired) electrons. The molecule has 2 heterocycles. The van der Waals surface area contributed by atoms with Crippen LogP contribution in [0.15, 0.2) is 11.4 Å². The zero-order valence-electron chi connectivity index (χ0n) is 14.1. The Morgan fingerprint density at radius 2 is 2.16 bits per heavy atom. The van der Waals surface area contributed by atoms with Gasteiger partial charge in [0.05, 0.1) is 6.54 Å². The van der Waals surface area contributed by atoms with Crippen LogP contribution in [0.2, 0.25) is 0 Å². The largest absolute Gasteiger partial charge is 0.347 e. The fraction of sp³-hybridized carbons (Fsp3) is 0.500. The van der Waals surface area contributed by atoms with E-state index in [1.165, 1.54) is 4.90 Å². The van der Waals surface area contributed by atoms with Crippen molar-refractivity contribution in [1.82, 2.24) is 20.4 Å². The van der Waals surface area contributed by atoms with Crippen molar-refractivity contribution in [2.24, 2.45) is 0 Å². The van der Waals surface area contributed by atoms with Crippen LogP contribution in [0, 0.1) is 0 Å². The third kappa shape index (κ3) is 2.99. The number of amides is 5. The van der Waals surface area contributed by atoms with Gasteiger partial charge in [-0.1, -0.05) is 0 Å². The average molecular weight is 364 g/mol. The highest BCUT2D eigenvalue weighted by Gasteiger charge is 2.54. The summed E-state index contributed by atoms with van der Waals surface area (Å²) < 4.78 is 0. The third-order valence-electron chi connectivity index (χ3n) is 4.57. The van der Waals surface area contributed by atoms with Gasteiger partial charge in [-0.25, -0.2) is 4.79 Å². The predicted octanol–water partition coefficient (Wildman–Crippen LogP) is 0.0359. The van der Waals surface area contributed by atoms with Crippen LogP contribution in [0.1, 0.15) is 23.3 Å². The van der Waals surface area contributed by atoms with Crippen LogP contribution in [0.4, 0.5) is 4.79 Å². The van der Waals surface area contributed by atoms with Gasteiger partial charge in [0, 0.05) is 24.5 Å². The van der Waals surface area contributed by atoms with Crippen LogP contribution >= 0.6 is 11.3 Å². The van der Waals surface area contributed by atoms with Crippen molar-refractivity contribution in [2.75, 3.05) is 27.2 Å². The van der Waals surface area contributed by atoms with E-state index in [0.29, 0.717) is 6.42 Å². The molecule has 0 saturated carbocycles. The van der Waals surface area contributed by atoms with Crippen molar-refractivity contribution in [3.63, 3.8) is 0 Å². The minimum Gasteiger partial charge on any atom is -0.347 e. The Morgan fingerprint density at radius 3 is 2.88 bits per heavy atom. The van der Waals surface area contributed by atoms with E-state index in [4.69, 9.17) is 0 Å². The Kier molecular flexibility index (Phi) is 4.51. The highest BCUT2D eigenvalue weighted by Crippen LogP contribution is 2.41. The van der Waals surface area contributed by atoms with Gasteiger partial charge in [0.1, 0.15) is 12.1 Å². The van der Waals surface area contributed by atoms with Gasteiger partial charge in [0.2, 0.25) is 11.8 Å². The van der Waals surface area contributed by atoms with Gasteiger partial charge in [-0.15, -0.1) is 11.3 Å². The first-order valence-corrected chi connectivity index (χ1v) is 8.91. The smallest absolute Gasteiger partial charge is 0.325 e. The monoisotopic (exact) mass is 364 g/mol. The van der Waals surface area contributed by atoms with E-state index in [1.807, 2.05) is 11.4 Å². The zero-order chi connectivity index (χ0) is 18.2. The molecule has 8 nitrogen and oxygen atoms in total. The highest BCUT2D eigenvalue weighted by molar-refractivity contribution is 7.10. The Bertz CT molecular complexity index is 744. The summed E-state index contributed by atoms with van der Waals surface area (Å²) in [6.45, 7) is -0.568. The van der Waals surface area contributed by atoms with Crippen molar-refractivity contribution < 1.29 is 19.2 Å². The fourth-order valence-electron chi connectivity index (χ4n) is 3.22. The number of hydrogen-bond donors (Lipinski definition) is 2. The topological polar surface area (TPSA) is 98.8 Å². The summed E-state index contributed by atoms with van der Waals surface area (Å²) in [6.07, 6.45) is 2.22. The maximum Gasteiger partial charge on any atom is 0.325 e. The minimum absolute atomic E-state index is 0.171. The summed E-state index contributed by atoms with van der Waals surface area (Å²) in [4.78, 5) is 52.2. The first kappa shape index (κ1) is 17.4. The normalized spacial score (nSPS) is 21.9. The molecule has 9 heteroatoms. The zero-order valence-corrected chi connectivity index (χ0v) is 14.9. The van der Waals surface area contributed by atoms with Gasteiger partial charge >= 0.3 is 6.03 Å². The van der Waals surface area contributed by atoms with E-state index in [9.17, 15) is 19.2 Å². The lowest BCUT2D eigenvalue weighted by Gasteiger charge is -2.31. The molecule has 1 fully saturated rings. The standard InChI is InChI=1S/C16H20N4O4S/c1-19(2)13(22)8-17-12(21)9-20-14(23)16(18-15(20)24)6-3-4-11-10(16)5-7-25-11/h5,7H,3-4,6,8-9H2,1-2H3,(H,17,21)(H,18,24)/t16-/m0/s1. The number of likely N-dealkylation sites (N-methyl/N-ethyl adjacent to an activating group) is 1. The molecule has 1 aliphatic heterocycles. The summed E-state index contributed by atoms with van der Waals surface area (Å²) in [5.41, 5.74) is -0.211. The molecule has 1 aromatic rings. The molecule has 1 spiro atoms. The number of imide groups is 1. The second-order valence-electron chi connectivity index (χ2n) is 6.40. The van der Waals surface area contributed by atoms with Crippen LogP contribution in [0.3, 0.4) is 0 Å². The second kappa shape index (κ2) is 6.47. The molecule has 1 aliphatic carbocycles. The Morgan fingerprint density at radius 1 is 1.40 bits per heavy atom. The number of nitrogens with one attached hydrogen (secondary N) is 2. The van der Waals surface area contributed by atoms with Gasteiger partial charge in [-0.05, 0) is 30.7 Å². The first-order valence-electron chi connectivity index (χ1n) is 8.03. The Hall–Kier alpha value is -2.42. The Labute approximate surface area is 149 Å². The molecule has 0 unspecified atom stereocenters. The van der Waals surface area contributed by atoms with E-state index in [2.05, 4.69) is 10.6 Å². The van der Waals surface area contributed by atoms with Crippen molar-refractivity contribution in [1.29, 1.82) is 0 Å². The molecule has 1 saturated heterocycles. The van der Waals surface area contributed by atoms with Crippen LogP contribution in [0.5, 0.6) is 0 Å². The van der Waals surface area contributed by atoms with Gasteiger partial charge in [-0.3, -0.25) is 19.3 Å². The molecule has 2 N–H and O–H groups in total. The number of aryl methyl sites for hydroxylation is 1. The number of rotatable bonds is 4. The average Bonchev–Trinajstić information content (AvgIpc) is 3.13. The van der Waals surface area contributed by atoms with Crippen LogP contribution in [-0.2, 0) is 26.3 Å². The number of carbonyl (C=O) groups is 4. The van der Waals surface area contributed by atoms with E-state index in [-0.39, 0.29) is 12.5 Å². The van der Waals surface area contributed by atoms with Crippen molar-refractivity contribution in [3.8, 4) is 0 Å². The van der Waals surface area contributed by atoms with Crippen molar-refractivity contribution in [2.45, 2.75) is 24.8 Å². The molecule has 3 rings (SSSR count). The molecular weight excluding hydrogens is 344 g/mol. The van der Waals surface area contributed by atoms with Gasteiger partial charge in [-0.2, -0.15) is 0 Å². The lowest BCUT2D eigenvalue weighted by atomic mass is 9.80. The number of hydrogen-bond acceptors (Lipinski definition) is 5. The number of fused-ring (bicyclic) bond motifs is 2. The lowest BCUT2D eigenvalue weighted by Crippen LogP contribution is -2.47. The number of urea groups is 1. The van der Waals surface area contributed by atoms with Crippen LogP contribution in [0.25, 0.3) is 0 Å². The molecule has 0 bridgehead atoms. The van der Waals surface area contributed by atoms with Crippen molar-refractivity contribution >= 4 is 35.1 Å². The SMILES string of the molecule is CN(C)C(=O)CNC(=O)CN1C(=O)N[C@]2(CCCc3sccc32)C1=O. The van der Waals surface area contributed by atoms with E-state index in [1.54, 1.807) is 25.4 Å². The number of carbonyl (C=O) groups excluding carboxylic acids is 4. The third-order valence-corrected chi connectivity index (χ3v) is 5.55. The van der Waals surface area contributed by atoms with Gasteiger partial charge < -0.3 is 15.5 Å². The molecule has 1 aromatic heterocycles. The predicted molar refractivity (Wildman–Crippen MR) is 90.9 cm³/mol. The van der Waals surface area contributed by atoms with Gasteiger partial charge in [0.15, 0.2) is 0 Å². The quantitative estimate of drug-likeness (QED) is 0.737. The lowest BCUT2D eigenvalue weighted by molar-refractivity contribution is -0.136. The summed E-state index contributed by atoms with van der Waals surface area (Å²) >= 11 is 1.58. The Balaban J connectivity index is 1.71. The molecular formula is C16H20N4O4S. The van der Waals surface area contributed by atoms with Crippen LogP contribution in [-0.4, -0.2) is 60.7 Å². The highest BCUT2D eigenvalue weighted by atomic mass is 32.1. The van der Waals surface area contributed by atoms with Crippen molar-refractivity contribution in [3.05, 3.63) is 21.9 Å². The molecule has 1 atom stereocenters. The van der Waals surface area contributed by atoms with E-state index >= 15 is 0 Å². The summed E-state index contributed by atoms with van der Waals surface area (Å²) in [7, 11) is 3.16. The molecule has 5 amide bonds. The fourth-order valence-corrected chi connectivity index (χ4v) is 4.22. The molecule has 0 aromatic carbocycles. The van der Waals surface area contributed by atoms with E-state index in [0.717, 1.165) is 28.2 Å². The summed E-state index contributed by atoms with van der Waals surface area (Å²) in [5, 5.41) is 7.14. The molecule has 2 aliphatic rings. The van der Waals surface area contributed by atoms with Gasteiger partial charge in [0.25, 0.3) is 5.91 Å². The maximum absolute atomic E-state index is 12.9. The minimum atomic E-state index is -1.05. The first-order chi connectivity index (χ1) is 11.8. The maximum atomic E-state index is 12.9. The van der Waals surface area contributed by atoms with E-state index < -0.39 is 29.9 Å². The number of thiophene rings is 1. The molecule has 25 heavy (non-hydrogen) atoms. The van der Waals surface area contributed by atoms with Crippen LogP contribution < -0.4 is 10.6 Å². The second-order valence-corrected chi connectivity index (χ2v) is 7.40. The molecule has 134 valence electrons. The summed E-state index contributed by atoms with van der Waals surface area (Å²) in [6, 6.07) is 1.30.